The van der Waals surface area contributed by atoms with Gasteiger partial charge in [-0.25, -0.2) is 4.39 Å². The van der Waals surface area contributed by atoms with Crippen LogP contribution in [0.2, 0.25) is 0 Å². The second kappa shape index (κ2) is 5.10. The van der Waals surface area contributed by atoms with Crippen LogP contribution in [-0.4, -0.2) is 16.5 Å². The van der Waals surface area contributed by atoms with Gasteiger partial charge in [-0.2, -0.15) is 0 Å². The highest BCUT2D eigenvalue weighted by molar-refractivity contribution is 5.85. The van der Waals surface area contributed by atoms with E-state index in [-0.39, 0.29) is 5.78 Å². The summed E-state index contributed by atoms with van der Waals surface area (Å²) in [4.78, 5) is 11.9. The lowest BCUT2D eigenvalue weighted by Gasteiger charge is -2.35. The molecule has 1 N–H and O–H groups in total. The number of rotatable bonds is 4. The number of carbonyl (C=O) groups is 1. The van der Waals surface area contributed by atoms with Crippen molar-refractivity contribution >= 4 is 5.78 Å². The maximum Gasteiger partial charge on any atom is 0.140 e. The van der Waals surface area contributed by atoms with Crippen LogP contribution in [0.1, 0.15) is 25.3 Å². The van der Waals surface area contributed by atoms with Crippen molar-refractivity contribution in [2.75, 3.05) is 0 Å². The molecule has 1 aliphatic rings. The summed E-state index contributed by atoms with van der Waals surface area (Å²) in [5, 5.41) is 10.7. The van der Waals surface area contributed by atoms with Crippen molar-refractivity contribution in [2.45, 2.75) is 25.4 Å². The molecule has 0 radical (unpaired) electrons. The zero-order valence-electron chi connectivity index (χ0n) is 11.0. The molecule has 3 heteroatoms. The van der Waals surface area contributed by atoms with Gasteiger partial charge in [0.25, 0.3) is 0 Å². The smallest absolute Gasteiger partial charge is 0.140 e. The third-order valence-corrected chi connectivity index (χ3v) is 3.61. The van der Waals surface area contributed by atoms with Crippen molar-refractivity contribution in [1.29, 1.82) is 0 Å². The van der Waals surface area contributed by atoms with E-state index >= 15 is 0 Å². The van der Waals surface area contributed by atoms with Gasteiger partial charge in [-0.15, -0.1) is 0 Å². The van der Waals surface area contributed by atoms with Gasteiger partial charge >= 0.3 is 0 Å². The van der Waals surface area contributed by atoms with Gasteiger partial charge in [-0.1, -0.05) is 42.5 Å². The maximum atomic E-state index is 13.8. The molecule has 0 aromatic heterocycles. The molecule has 0 amide bonds. The SMILES string of the molecule is CC(=O)C(c1ccccc1)C(C)(O)C1C=CC=C1F. The van der Waals surface area contributed by atoms with Gasteiger partial charge in [-0.05, 0) is 25.5 Å². The Labute approximate surface area is 112 Å². The lowest BCUT2D eigenvalue weighted by Crippen LogP contribution is -2.43. The summed E-state index contributed by atoms with van der Waals surface area (Å²) in [5.41, 5.74) is -0.783. The fraction of sp³-hybridized carbons (Fsp3) is 0.312. The lowest BCUT2D eigenvalue weighted by atomic mass is 9.73. The first-order valence-corrected chi connectivity index (χ1v) is 6.26. The molecular weight excluding hydrogens is 243 g/mol. The monoisotopic (exact) mass is 260 g/mol. The molecule has 1 aromatic carbocycles. The van der Waals surface area contributed by atoms with Crippen LogP contribution in [-0.2, 0) is 4.79 Å². The molecule has 0 heterocycles. The van der Waals surface area contributed by atoms with Gasteiger partial charge in [0.15, 0.2) is 0 Å². The first kappa shape index (κ1) is 13.7. The van der Waals surface area contributed by atoms with Crippen molar-refractivity contribution in [2.24, 2.45) is 5.92 Å². The third kappa shape index (κ3) is 2.51. The first-order chi connectivity index (χ1) is 8.94. The normalized spacial score (nSPS) is 22.7. The van der Waals surface area contributed by atoms with Gasteiger partial charge in [0.05, 0.1) is 17.4 Å². The van der Waals surface area contributed by atoms with Crippen molar-refractivity contribution in [3.05, 3.63) is 60.0 Å². The number of hydrogen-bond acceptors (Lipinski definition) is 2. The molecule has 0 saturated heterocycles. The zero-order chi connectivity index (χ0) is 14.0. The summed E-state index contributed by atoms with van der Waals surface area (Å²) in [6.07, 6.45) is 4.48. The summed E-state index contributed by atoms with van der Waals surface area (Å²) in [6, 6.07) is 9.00. The largest absolute Gasteiger partial charge is 0.388 e. The minimum absolute atomic E-state index is 0.177. The van der Waals surface area contributed by atoms with E-state index in [0.717, 1.165) is 0 Å². The quantitative estimate of drug-likeness (QED) is 0.903. The summed E-state index contributed by atoms with van der Waals surface area (Å²) < 4.78 is 13.8. The van der Waals surface area contributed by atoms with E-state index in [9.17, 15) is 14.3 Å². The van der Waals surface area contributed by atoms with Crippen LogP contribution in [0.5, 0.6) is 0 Å². The number of ketones is 1. The number of Topliss-reactive ketones (excluding diaryl/α,β-unsaturated/α-hetero) is 1. The van der Waals surface area contributed by atoms with Crippen LogP contribution in [0.3, 0.4) is 0 Å². The highest BCUT2D eigenvalue weighted by atomic mass is 19.1. The molecule has 100 valence electrons. The molecule has 3 atom stereocenters. The van der Waals surface area contributed by atoms with E-state index in [2.05, 4.69) is 0 Å². The van der Waals surface area contributed by atoms with Crippen LogP contribution in [0.25, 0.3) is 0 Å². The summed E-state index contributed by atoms with van der Waals surface area (Å²) in [6.45, 7) is 2.94. The van der Waals surface area contributed by atoms with E-state index in [1.54, 1.807) is 36.4 Å². The van der Waals surface area contributed by atoms with E-state index < -0.39 is 23.3 Å². The average Bonchev–Trinajstić information content (AvgIpc) is 2.77. The molecule has 2 rings (SSSR count). The Morgan fingerprint density at radius 1 is 1.37 bits per heavy atom. The second-order valence-electron chi connectivity index (χ2n) is 5.09. The number of carbonyl (C=O) groups excluding carboxylic acids is 1. The topological polar surface area (TPSA) is 37.3 Å². The molecular formula is C16H17FO2. The molecule has 19 heavy (non-hydrogen) atoms. The standard InChI is InChI=1S/C16H17FO2/c1-11(18)15(12-7-4-3-5-8-12)16(2,19)13-9-6-10-14(13)17/h3-10,13,15,19H,1-2H3. The van der Waals surface area contributed by atoms with E-state index in [4.69, 9.17) is 0 Å². The van der Waals surface area contributed by atoms with Gasteiger partial charge in [-0.3, -0.25) is 4.79 Å². The zero-order valence-corrected chi connectivity index (χ0v) is 11.0. The molecule has 2 nitrogen and oxygen atoms in total. The summed E-state index contributed by atoms with van der Waals surface area (Å²) >= 11 is 0. The first-order valence-electron chi connectivity index (χ1n) is 6.26. The van der Waals surface area contributed by atoms with Crippen LogP contribution < -0.4 is 0 Å². The molecule has 0 saturated carbocycles. The molecule has 1 aliphatic carbocycles. The van der Waals surface area contributed by atoms with Gasteiger partial charge in [0, 0.05) is 0 Å². The van der Waals surface area contributed by atoms with Crippen molar-refractivity contribution in [3.63, 3.8) is 0 Å². The van der Waals surface area contributed by atoms with Gasteiger partial charge in [0.1, 0.15) is 11.6 Å². The van der Waals surface area contributed by atoms with E-state index in [1.807, 2.05) is 6.07 Å². The molecule has 0 bridgehead atoms. The van der Waals surface area contributed by atoms with E-state index in [0.29, 0.717) is 5.56 Å². The van der Waals surface area contributed by atoms with Gasteiger partial charge < -0.3 is 5.11 Å². The number of allylic oxidation sites excluding steroid dienone is 2. The molecule has 0 aliphatic heterocycles. The predicted molar refractivity (Wildman–Crippen MR) is 72.3 cm³/mol. The Kier molecular flexibility index (Phi) is 3.67. The molecule has 3 unspecified atom stereocenters. The van der Waals surface area contributed by atoms with Crippen LogP contribution in [0.15, 0.2) is 54.4 Å². The van der Waals surface area contributed by atoms with Crippen molar-refractivity contribution in [3.8, 4) is 0 Å². The number of hydrogen-bond donors (Lipinski definition) is 1. The number of halogens is 1. The maximum absolute atomic E-state index is 13.8. The minimum atomic E-state index is -1.49. The Bertz CT molecular complexity index is 529. The molecule has 1 aromatic rings. The molecule has 0 spiro atoms. The average molecular weight is 260 g/mol. The highest BCUT2D eigenvalue weighted by Crippen LogP contribution is 2.41. The summed E-state index contributed by atoms with van der Waals surface area (Å²) in [7, 11) is 0. The van der Waals surface area contributed by atoms with Crippen LogP contribution in [0, 0.1) is 5.92 Å². The second-order valence-corrected chi connectivity index (χ2v) is 5.09. The number of benzene rings is 1. The third-order valence-electron chi connectivity index (χ3n) is 3.61. The van der Waals surface area contributed by atoms with Crippen LogP contribution >= 0.6 is 0 Å². The lowest BCUT2D eigenvalue weighted by molar-refractivity contribution is -0.125. The van der Waals surface area contributed by atoms with Gasteiger partial charge in [0.2, 0.25) is 0 Å². The Hall–Kier alpha value is -1.74. The van der Waals surface area contributed by atoms with Crippen LogP contribution in [0.4, 0.5) is 4.39 Å². The predicted octanol–water partition coefficient (Wildman–Crippen LogP) is 3.15. The Morgan fingerprint density at radius 3 is 2.47 bits per heavy atom. The minimum Gasteiger partial charge on any atom is -0.388 e. The Balaban J connectivity index is 2.42. The van der Waals surface area contributed by atoms with E-state index in [1.165, 1.54) is 19.9 Å². The summed E-state index contributed by atoms with van der Waals surface area (Å²) in [5.74, 6) is -2.11. The van der Waals surface area contributed by atoms with Crippen molar-refractivity contribution < 1.29 is 14.3 Å². The fourth-order valence-corrected chi connectivity index (χ4v) is 2.74. The molecule has 0 fully saturated rings. The van der Waals surface area contributed by atoms with Crippen molar-refractivity contribution in [1.82, 2.24) is 0 Å². The number of aliphatic hydroxyl groups is 1. The fourth-order valence-electron chi connectivity index (χ4n) is 2.74. The highest BCUT2D eigenvalue weighted by Gasteiger charge is 2.44. The Morgan fingerprint density at radius 2 is 2.00 bits per heavy atom.